The standard InChI is InChI=1S/C21H31N/c1-3-5-12-20-14-16-22(17-15-21(20)13-6-4-2)18-19-10-8-7-9-11-19/h7-13H,3-6,14-18H2,1-2H3/b20-12+,21-13+. The Morgan fingerprint density at radius 3 is 1.91 bits per heavy atom. The summed E-state index contributed by atoms with van der Waals surface area (Å²) in [6, 6.07) is 10.9. The van der Waals surface area contributed by atoms with Gasteiger partial charge in [-0.1, -0.05) is 69.2 Å². The molecule has 1 fully saturated rings. The number of hydrogen-bond acceptors (Lipinski definition) is 1. The summed E-state index contributed by atoms with van der Waals surface area (Å²) in [5, 5.41) is 0. The summed E-state index contributed by atoms with van der Waals surface area (Å²) in [7, 11) is 0. The van der Waals surface area contributed by atoms with E-state index in [0.717, 1.165) is 6.54 Å². The van der Waals surface area contributed by atoms with Gasteiger partial charge in [-0.05, 0) is 42.4 Å². The Hall–Kier alpha value is -1.34. The van der Waals surface area contributed by atoms with Crippen LogP contribution in [0.4, 0.5) is 0 Å². The van der Waals surface area contributed by atoms with Gasteiger partial charge in [-0.25, -0.2) is 0 Å². The van der Waals surface area contributed by atoms with Crippen LogP contribution in [0.5, 0.6) is 0 Å². The average molecular weight is 297 g/mol. The van der Waals surface area contributed by atoms with E-state index in [4.69, 9.17) is 0 Å². The summed E-state index contributed by atoms with van der Waals surface area (Å²) in [4.78, 5) is 2.61. The molecule has 0 unspecified atom stereocenters. The highest BCUT2D eigenvalue weighted by Crippen LogP contribution is 2.25. The number of unbranched alkanes of at least 4 members (excludes halogenated alkanes) is 2. The van der Waals surface area contributed by atoms with Crippen molar-refractivity contribution in [2.24, 2.45) is 0 Å². The maximum absolute atomic E-state index is 2.61. The van der Waals surface area contributed by atoms with Crippen LogP contribution in [0.1, 0.15) is 57.9 Å². The lowest BCUT2D eigenvalue weighted by Crippen LogP contribution is -2.23. The molecule has 0 atom stereocenters. The maximum atomic E-state index is 2.61. The summed E-state index contributed by atoms with van der Waals surface area (Å²) < 4.78 is 0. The van der Waals surface area contributed by atoms with Crippen LogP contribution in [0.2, 0.25) is 0 Å². The molecule has 0 spiro atoms. The predicted molar refractivity (Wildman–Crippen MR) is 96.9 cm³/mol. The van der Waals surface area contributed by atoms with Gasteiger partial charge in [-0.15, -0.1) is 0 Å². The van der Waals surface area contributed by atoms with Gasteiger partial charge in [0, 0.05) is 19.6 Å². The van der Waals surface area contributed by atoms with Crippen molar-refractivity contribution in [1.29, 1.82) is 0 Å². The minimum atomic E-state index is 1.09. The molecule has 22 heavy (non-hydrogen) atoms. The zero-order chi connectivity index (χ0) is 15.6. The summed E-state index contributed by atoms with van der Waals surface area (Å²) in [6.45, 7) is 8.00. The molecule has 0 aromatic heterocycles. The fourth-order valence-corrected chi connectivity index (χ4v) is 3.09. The minimum Gasteiger partial charge on any atom is -0.298 e. The van der Waals surface area contributed by atoms with Gasteiger partial charge in [-0.2, -0.15) is 0 Å². The highest BCUT2D eigenvalue weighted by Gasteiger charge is 2.15. The molecular weight excluding hydrogens is 266 g/mol. The first-order valence-electron chi connectivity index (χ1n) is 8.98. The lowest BCUT2D eigenvalue weighted by molar-refractivity contribution is 0.281. The molecule has 0 amide bonds. The van der Waals surface area contributed by atoms with Crippen molar-refractivity contribution in [1.82, 2.24) is 4.90 Å². The molecule has 1 saturated heterocycles. The van der Waals surface area contributed by atoms with Gasteiger partial charge in [0.05, 0.1) is 0 Å². The van der Waals surface area contributed by atoms with E-state index in [2.05, 4.69) is 61.2 Å². The molecule has 1 aromatic carbocycles. The highest BCUT2D eigenvalue weighted by atomic mass is 15.1. The first kappa shape index (κ1) is 17.0. The summed E-state index contributed by atoms with van der Waals surface area (Å²) in [5.41, 5.74) is 4.67. The van der Waals surface area contributed by atoms with Crippen LogP contribution in [0.3, 0.4) is 0 Å². The minimum absolute atomic E-state index is 1.09. The molecule has 0 N–H and O–H groups in total. The molecule has 2 rings (SSSR count). The van der Waals surface area contributed by atoms with Crippen LogP contribution in [0.25, 0.3) is 0 Å². The molecule has 1 aromatic rings. The van der Waals surface area contributed by atoms with Crippen LogP contribution >= 0.6 is 0 Å². The average Bonchev–Trinajstić information content (AvgIpc) is 2.74. The third-order valence-electron chi connectivity index (χ3n) is 4.42. The quantitative estimate of drug-likeness (QED) is 0.647. The van der Waals surface area contributed by atoms with E-state index >= 15 is 0 Å². The summed E-state index contributed by atoms with van der Waals surface area (Å²) in [5.74, 6) is 0. The Labute approximate surface area is 136 Å². The first-order chi connectivity index (χ1) is 10.8. The van der Waals surface area contributed by atoms with Crippen LogP contribution < -0.4 is 0 Å². The van der Waals surface area contributed by atoms with Crippen molar-refractivity contribution in [3.63, 3.8) is 0 Å². The smallest absolute Gasteiger partial charge is 0.0233 e. The van der Waals surface area contributed by atoms with Crippen molar-refractivity contribution in [2.45, 2.75) is 58.9 Å². The number of benzene rings is 1. The second-order valence-electron chi connectivity index (χ2n) is 6.30. The zero-order valence-electron chi connectivity index (χ0n) is 14.4. The molecule has 0 aliphatic carbocycles. The number of likely N-dealkylation sites (tertiary alicyclic amines) is 1. The van der Waals surface area contributed by atoms with Gasteiger partial charge >= 0.3 is 0 Å². The lowest BCUT2D eigenvalue weighted by atomic mass is 9.98. The van der Waals surface area contributed by atoms with Gasteiger partial charge in [-0.3, -0.25) is 4.90 Å². The number of rotatable bonds is 6. The molecule has 0 radical (unpaired) electrons. The zero-order valence-corrected chi connectivity index (χ0v) is 14.4. The monoisotopic (exact) mass is 297 g/mol. The number of nitrogens with zero attached hydrogens (tertiary/aromatic N) is 1. The Kier molecular flexibility index (Phi) is 7.45. The number of hydrogen-bond donors (Lipinski definition) is 0. The van der Waals surface area contributed by atoms with E-state index in [0.29, 0.717) is 0 Å². The largest absolute Gasteiger partial charge is 0.298 e. The van der Waals surface area contributed by atoms with Crippen molar-refractivity contribution < 1.29 is 0 Å². The second kappa shape index (κ2) is 9.63. The van der Waals surface area contributed by atoms with E-state index in [9.17, 15) is 0 Å². The lowest BCUT2D eigenvalue weighted by Gasteiger charge is -2.19. The highest BCUT2D eigenvalue weighted by molar-refractivity contribution is 5.32. The van der Waals surface area contributed by atoms with Gasteiger partial charge in [0.25, 0.3) is 0 Å². The summed E-state index contributed by atoms with van der Waals surface area (Å²) >= 11 is 0. The van der Waals surface area contributed by atoms with E-state index in [1.807, 2.05) is 0 Å². The van der Waals surface area contributed by atoms with E-state index < -0.39 is 0 Å². The van der Waals surface area contributed by atoms with Gasteiger partial charge in [0.2, 0.25) is 0 Å². The first-order valence-corrected chi connectivity index (χ1v) is 8.98. The van der Waals surface area contributed by atoms with Gasteiger partial charge < -0.3 is 0 Å². The maximum Gasteiger partial charge on any atom is 0.0233 e. The van der Waals surface area contributed by atoms with Crippen molar-refractivity contribution in [2.75, 3.05) is 13.1 Å². The summed E-state index contributed by atoms with van der Waals surface area (Å²) in [6.07, 6.45) is 12.3. The van der Waals surface area contributed by atoms with Crippen LogP contribution in [-0.4, -0.2) is 18.0 Å². The third-order valence-corrected chi connectivity index (χ3v) is 4.42. The van der Waals surface area contributed by atoms with Crippen LogP contribution in [0.15, 0.2) is 53.6 Å². The molecule has 1 nitrogen and oxygen atoms in total. The van der Waals surface area contributed by atoms with E-state index in [1.54, 1.807) is 11.1 Å². The molecular formula is C21H31N. The van der Waals surface area contributed by atoms with Crippen molar-refractivity contribution >= 4 is 0 Å². The van der Waals surface area contributed by atoms with Crippen molar-refractivity contribution in [3.05, 3.63) is 59.2 Å². The van der Waals surface area contributed by atoms with Gasteiger partial charge in [0.1, 0.15) is 0 Å². The second-order valence-corrected chi connectivity index (χ2v) is 6.30. The Morgan fingerprint density at radius 1 is 0.864 bits per heavy atom. The van der Waals surface area contributed by atoms with Crippen molar-refractivity contribution in [3.8, 4) is 0 Å². The van der Waals surface area contributed by atoms with E-state index in [-0.39, 0.29) is 0 Å². The molecule has 0 saturated carbocycles. The molecule has 1 aliphatic heterocycles. The Balaban J connectivity index is 2.03. The van der Waals surface area contributed by atoms with E-state index in [1.165, 1.54) is 57.2 Å². The molecule has 1 heterocycles. The molecule has 120 valence electrons. The number of allylic oxidation sites excluding steroid dienone is 2. The fourth-order valence-electron chi connectivity index (χ4n) is 3.09. The predicted octanol–water partition coefficient (Wildman–Crippen LogP) is 5.74. The van der Waals surface area contributed by atoms with Gasteiger partial charge in [0.15, 0.2) is 0 Å². The normalized spacial score (nSPS) is 20.5. The SMILES string of the molecule is CCC/C=C1\CCN(Cc2ccccc2)CC\C1=C/CCC. The van der Waals surface area contributed by atoms with Crippen LogP contribution in [-0.2, 0) is 6.54 Å². The molecule has 1 aliphatic rings. The third kappa shape index (κ3) is 5.46. The molecule has 1 heteroatoms. The Morgan fingerprint density at radius 2 is 1.41 bits per heavy atom. The van der Waals surface area contributed by atoms with Crippen LogP contribution in [0, 0.1) is 0 Å². The topological polar surface area (TPSA) is 3.24 Å². The molecule has 0 bridgehead atoms. The Bertz CT molecular complexity index is 458. The fraction of sp³-hybridized carbons (Fsp3) is 0.524.